The first-order chi connectivity index (χ1) is 12.2. The van der Waals surface area contributed by atoms with Crippen LogP contribution in [0.1, 0.15) is 21.8 Å². The summed E-state index contributed by atoms with van der Waals surface area (Å²) in [4.78, 5) is 16.7. The molecule has 3 aromatic rings. The number of oxazole rings is 1. The predicted molar refractivity (Wildman–Crippen MR) is 95.7 cm³/mol. The Hall–Kier alpha value is -3.08. The zero-order chi connectivity index (χ0) is 17.6. The molecule has 1 amide bonds. The number of rotatable bonds is 6. The molecule has 0 atom stereocenters. The Bertz CT molecular complexity index is 839. The van der Waals surface area contributed by atoms with E-state index < -0.39 is 0 Å². The van der Waals surface area contributed by atoms with Crippen LogP contribution in [0.2, 0.25) is 0 Å². The van der Waals surface area contributed by atoms with E-state index >= 15 is 0 Å². The summed E-state index contributed by atoms with van der Waals surface area (Å²) < 4.78 is 10.8. The van der Waals surface area contributed by atoms with Crippen LogP contribution in [0.3, 0.4) is 0 Å². The van der Waals surface area contributed by atoms with Crippen molar-refractivity contribution in [3.8, 4) is 17.2 Å². The van der Waals surface area contributed by atoms with Crippen molar-refractivity contribution in [1.29, 1.82) is 0 Å². The van der Waals surface area contributed by atoms with Crippen LogP contribution in [0.4, 0.5) is 0 Å². The van der Waals surface area contributed by atoms with Gasteiger partial charge in [0.25, 0.3) is 5.91 Å². The van der Waals surface area contributed by atoms with Gasteiger partial charge in [-0.15, -0.1) is 0 Å². The maximum atomic E-state index is 12.3. The predicted octanol–water partition coefficient (Wildman–Crippen LogP) is 3.63. The number of carbonyl (C=O) groups is 1. The maximum Gasteiger partial charge on any atom is 0.273 e. The van der Waals surface area contributed by atoms with E-state index in [1.807, 2.05) is 54.6 Å². The van der Waals surface area contributed by atoms with Crippen molar-refractivity contribution in [1.82, 2.24) is 10.3 Å². The molecule has 0 aliphatic rings. The van der Waals surface area contributed by atoms with Crippen molar-refractivity contribution in [2.45, 2.75) is 13.3 Å². The number of nitrogens with zero attached hydrogens (tertiary/aromatic N) is 1. The summed E-state index contributed by atoms with van der Waals surface area (Å²) >= 11 is 0. The van der Waals surface area contributed by atoms with Crippen LogP contribution in [0.15, 0.2) is 59.0 Å². The quantitative estimate of drug-likeness (QED) is 0.746. The van der Waals surface area contributed by atoms with Gasteiger partial charge in [0.1, 0.15) is 11.5 Å². The molecule has 25 heavy (non-hydrogen) atoms. The SMILES string of the molecule is COc1ccc(CCNC(=O)c2nc(-c3ccccc3)oc2C)cc1. The van der Waals surface area contributed by atoms with Crippen LogP contribution in [0.5, 0.6) is 5.75 Å². The molecule has 1 heterocycles. The highest BCUT2D eigenvalue weighted by molar-refractivity contribution is 5.93. The number of hydrogen-bond donors (Lipinski definition) is 1. The number of ether oxygens (including phenoxy) is 1. The Kier molecular flexibility index (Phi) is 5.14. The average Bonchev–Trinajstić information content (AvgIpc) is 3.05. The maximum absolute atomic E-state index is 12.3. The number of nitrogens with one attached hydrogen (secondary N) is 1. The van der Waals surface area contributed by atoms with Crippen molar-refractivity contribution in [2.75, 3.05) is 13.7 Å². The molecule has 5 nitrogen and oxygen atoms in total. The summed E-state index contributed by atoms with van der Waals surface area (Å²) in [6, 6.07) is 17.3. The van der Waals surface area contributed by atoms with Gasteiger partial charge in [-0.05, 0) is 43.2 Å². The van der Waals surface area contributed by atoms with E-state index in [-0.39, 0.29) is 5.91 Å². The van der Waals surface area contributed by atoms with Crippen LogP contribution in [0.25, 0.3) is 11.5 Å². The minimum Gasteiger partial charge on any atom is -0.497 e. The Morgan fingerprint density at radius 1 is 1.12 bits per heavy atom. The molecule has 0 saturated heterocycles. The van der Waals surface area contributed by atoms with Gasteiger partial charge in [-0.1, -0.05) is 30.3 Å². The van der Waals surface area contributed by atoms with Gasteiger partial charge in [0, 0.05) is 12.1 Å². The smallest absolute Gasteiger partial charge is 0.273 e. The summed E-state index contributed by atoms with van der Waals surface area (Å²) in [5.41, 5.74) is 2.31. The number of aromatic nitrogens is 1. The molecular formula is C20H20N2O3. The van der Waals surface area contributed by atoms with E-state index in [0.29, 0.717) is 23.9 Å². The fraction of sp³-hybridized carbons (Fsp3) is 0.200. The lowest BCUT2D eigenvalue weighted by Gasteiger charge is -2.05. The van der Waals surface area contributed by atoms with Gasteiger partial charge >= 0.3 is 0 Å². The van der Waals surface area contributed by atoms with Crippen LogP contribution in [-0.2, 0) is 6.42 Å². The summed E-state index contributed by atoms with van der Waals surface area (Å²) in [6.07, 6.45) is 0.734. The van der Waals surface area contributed by atoms with Crippen LogP contribution >= 0.6 is 0 Å². The summed E-state index contributed by atoms with van der Waals surface area (Å²) in [5, 5.41) is 2.89. The minimum absolute atomic E-state index is 0.225. The molecule has 0 bridgehead atoms. The number of benzene rings is 2. The van der Waals surface area contributed by atoms with E-state index in [4.69, 9.17) is 9.15 Å². The van der Waals surface area contributed by atoms with Gasteiger partial charge in [-0.2, -0.15) is 0 Å². The molecule has 0 aliphatic carbocycles. The molecule has 0 spiro atoms. The van der Waals surface area contributed by atoms with Gasteiger partial charge in [-0.3, -0.25) is 4.79 Å². The molecule has 128 valence electrons. The lowest BCUT2D eigenvalue weighted by Crippen LogP contribution is -2.26. The van der Waals surface area contributed by atoms with Crippen molar-refractivity contribution in [2.24, 2.45) is 0 Å². The van der Waals surface area contributed by atoms with Gasteiger partial charge in [0.05, 0.1) is 7.11 Å². The number of carbonyl (C=O) groups excluding carboxylic acids is 1. The second-order valence-corrected chi connectivity index (χ2v) is 5.64. The highest BCUT2D eigenvalue weighted by Crippen LogP contribution is 2.21. The van der Waals surface area contributed by atoms with Gasteiger partial charge < -0.3 is 14.5 Å². The zero-order valence-electron chi connectivity index (χ0n) is 14.3. The Labute approximate surface area is 146 Å². The minimum atomic E-state index is -0.225. The molecule has 1 aromatic heterocycles. The standard InChI is InChI=1S/C20H20N2O3/c1-14-18(22-20(25-14)16-6-4-3-5-7-16)19(23)21-13-12-15-8-10-17(24-2)11-9-15/h3-11H,12-13H2,1-2H3,(H,21,23). The van der Waals surface area contributed by atoms with Crippen LogP contribution in [0, 0.1) is 6.92 Å². The zero-order valence-corrected chi connectivity index (χ0v) is 14.3. The van der Waals surface area contributed by atoms with E-state index in [9.17, 15) is 4.79 Å². The first-order valence-corrected chi connectivity index (χ1v) is 8.11. The summed E-state index contributed by atoms with van der Waals surface area (Å²) in [6.45, 7) is 2.27. The van der Waals surface area contributed by atoms with Gasteiger partial charge in [-0.25, -0.2) is 4.98 Å². The Balaban J connectivity index is 1.60. The summed E-state index contributed by atoms with van der Waals surface area (Å²) in [5.74, 6) is 1.57. The third kappa shape index (κ3) is 4.07. The fourth-order valence-corrected chi connectivity index (χ4v) is 2.51. The lowest BCUT2D eigenvalue weighted by atomic mass is 10.1. The molecular weight excluding hydrogens is 316 g/mol. The number of methoxy groups -OCH3 is 1. The topological polar surface area (TPSA) is 64.4 Å². The van der Waals surface area contributed by atoms with Crippen molar-refractivity contribution in [3.05, 3.63) is 71.6 Å². The Morgan fingerprint density at radius 2 is 1.84 bits per heavy atom. The first-order valence-electron chi connectivity index (χ1n) is 8.11. The van der Waals surface area contributed by atoms with Gasteiger partial charge in [0.2, 0.25) is 5.89 Å². The average molecular weight is 336 g/mol. The third-order valence-electron chi connectivity index (χ3n) is 3.89. The number of aryl methyl sites for hydroxylation is 1. The second kappa shape index (κ2) is 7.66. The molecule has 0 unspecified atom stereocenters. The summed E-state index contributed by atoms with van der Waals surface area (Å²) in [7, 11) is 1.64. The molecule has 0 aliphatic heterocycles. The number of hydrogen-bond acceptors (Lipinski definition) is 4. The van der Waals surface area contributed by atoms with Gasteiger partial charge in [0.15, 0.2) is 5.69 Å². The molecule has 2 aromatic carbocycles. The van der Waals surface area contributed by atoms with E-state index in [1.54, 1.807) is 14.0 Å². The van der Waals surface area contributed by atoms with Crippen LogP contribution < -0.4 is 10.1 Å². The van der Waals surface area contributed by atoms with Crippen molar-refractivity contribution >= 4 is 5.91 Å². The van der Waals surface area contributed by atoms with Crippen molar-refractivity contribution in [3.63, 3.8) is 0 Å². The molecule has 0 radical (unpaired) electrons. The molecule has 3 rings (SSSR count). The fourth-order valence-electron chi connectivity index (χ4n) is 2.51. The van der Waals surface area contributed by atoms with E-state index in [1.165, 1.54) is 0 Å². The second-order valence-electron chi connectivity index (χ2n) is 5.64. The molecule has 5 heteroatoms. The normalized spacial score (nSPS) is 10.5. The largest absolute Gasteiger partial charge is 0.497 e. The van der Waals surface area contributed by atoms with E-state index in [2.05, 4.69) is 10.3 Å². The highest BCUT2D eigenvalue weighted by atomic mass is 16.5. The Morgan fingerprint density at radius 3 is 2.52 bits per heavy atom. The number of amides is 1. The monoisotopic (exact) mass is 336 g/mol. The molecule has 0 saturated carbocycles. The first kappa shape index (κ1) is 16.8. The lowest BCUT2D eigenvalue weighted by molar-refractivity contribution is 0.0948. The highest BCUT2D eigenvalue weighted by Gasteiger charge is 2.17. The van der Waals surface area contributed by atoms with Crippen LogP contribution in [-0.4, -0.2) is 24.5 Å². The molecule has 1 N–H and O–H groups in total. The molecule has 0 fully saturated rings. The van der Waals surface area contributed by atoms with E-state index in [0.717, 1.165) is 23.3 Å². The van der Waals surface area contributed by atoms with Crippen molar-refractivity contribution < 1.29 is 13.9 Å². The third-order valence-corrected chi connectivity index (χ3v) is 3.89.